The number of ketones is 1. The Kier molecular flexibility index (Phi) is 6.44. The summed E-state index contributed by atoms with van der Waals surface area (Å²) in [5.74, 6) is 0.965. The van der Waals surface area contributed by atoms with Gasteiger partial charge in [-0.2, -0.15) is 0 Å². The maximum absolute atomic E-state index is 12.4. The van der Waals surface area contributed by atoms with Gasteiger partial charge < -0.3 is 9.32 Å². The minimum absolute atomic E-state index is 0.0490. The molecule has 0 unspecified atom stereocenters. The van der Waals surface area contributed by atoms with Crippen molar-refractivity contribution in [2.75, 3.05) is 31.1 Å². The zero-order valence-electron chi connectivity index (χ0n) is 20.5. The Labute approximate surface area is 215 Å². The molecular weight excluding hydrogens is 462 g/mol. The van der Waals surface area contributed by atoms with Crippen LogP contribution in [-0.4, -0.2) is 51.8 Å². The molecule has 1 saturated heterocycles. The van der Waals surface area contributed by atoms with E-state index in [2.05, 4.69) is 50.1 Å². The number of rotatable bonds is 7. The quantitative estimate of drug-likeness (QED) is 0.297. The number of carbonyl (C=O) groups is 1. The SMILES string of the molecule is O=C(Cc1ccc(-c2ccc3ncc(N4CCN(Cc5cccnc5)CC4)nc3c2)cc1)c1ccoc1. The van der Waals surface area contributed by atoms with Gasteiger partial charge in [-0.3, -0.25) is 19.7 Å². The summed E-state index contributed by atoms with van der Waals surface area (Å²) in [4.78, 5) is 31.0. The van der Waals surface area contributed by atoms with E-state index in [0.717, 1.165) is 66.3 Å². The summed E-state index contributed by atoms with van der Waals surface area (Å²) >= 11 is 0. The topological polar surface area (TPSA) is 75.4 Å². The van der Waals surface area contributed by atoms with E-state index in [0.29, 0.717) is 12.0 Å². The van der Waals surface area contributed by atoms with Crippen LogP contribution in [0.1, 0.15) is 21.5 Å². The molecular formula is C30H27N5O2. The van der Waals surface area contributed by atoms with E-state index in [4.69, 9.17) is 9.40 Å². The standard InChI is InChI=1S/C30H27N5O2/c36-29(26-9-15-37-21-26)16-22-3-5-24(6-4-22)25-7-8-27-28(17-25)33-30(19-32-27)35-13-11-34(12-14-35)20-23-2-1-10-31-18-23/h1-10,15,17-19,21H,11-14,16,20H2. The van der Waals surface area contributed by atoms with Crippen LogP contribution in [0.2, 0.25) is 0 Å². The third kappa shape index (κ3) is 5.27. The molecule has 0 spiro atoms. The molecule has 0 atom stereocenters. The number of nitrogens with zero attached hydrogens (tertiary/aromatic N) is 5. The van der Waals surface area contributed by atoms with Gasteiger partial charge in [0.25, 0.3) is 0 Å². The second-order valence-electron chi connectivity index (χ2n) is 9.37. The third-order valence-electron chi connectivity index (χ3n) is 6.85. The molecule has 0 amide bonds. The first-order chi connectivity index (χ1) is 18.2. The van der Waals surface area contributed by atoms with Crippen LogP contribution < -0.4 is 4.90 Å². The largest absolute Gasteiger partial charge is 0.472 e. The van der Waals surface area contributed by atoms with Crippen molar-refractivity contribution in [3.63, 3.8) is 0 Å². The van der Waals surface area contributed by atoms with E-state index in [9.17, 15) is 4.79 Å². The van der Waals surface area contributed by atoms with Crippen molar-refractivity contribution in [3.8, 4) is 11.1 Å². The lowest BCUT2D eigenvalue weighted by Crippen LogP contribution is -2.46. The lowest BCUT2D eigenvalue weighted by molar-refractivity contribution is 0.0992. The number of Topliss-reactive ketones (excluding diaryl/α,β-unsaturated/α-hetero) is 1. The molecule has 5 aromatic rings. The number of benzene rings is 2. The lowest BCUT2D eigenvalue weighted by atomic mass is 10.00. The van der Waals surface area contributed by atoms with Crippen molar-refractivity contribution in [2.45, 2.75) is 13.0 Å². The Morgan fingerprint density at radius 1 is 0.865 bits per heavy atom. The molecule has 0 N–H and O–H groups in total. The van der Waals surface area contributed by atoms with Crippen LogP contribution >= 0.6 is 0 Å². The predicted molar refractivity (Wildman–Crippen MR) is 143 cm³/mol. The maximum atomic E-state index is 12.4. The van der Waals surface area contributed by atoms with E-state index in [1.54, 1.807) is 6.07 Å². The molecule has 4 heterocycles. The molecule has 7 nitrogen and oxygen atoms in total. The lowest BCUT2D eigenvalue weighted by Gasteiger charge is -2.35. The average Bonchev–Trinajstić information content (AvgIpc) is 3.49. The second-order valence-corrected chi connectivity index (χ2v) is 9.37. The average molecular weight is 490 g/mol. The number of hydrogen-bond acceptors (Lipinski definition) is 7. The zero-order chi connectivity index (χ0) is 25.0. The van der Waals surface area contributed by atoms with Gasteiger partial charge in [0.2, 0.25) is 0 Å². The van der Waals surface area contributed by atoms with E-state index in [-0.39, 0.29) is 5.78 Å². The van der Waals surface area contributed by atoms with Crippen molar-refractivity contribution in [2.24, 2.45) is 0 Å². The van der Waals surface area contributed by atoms with Gasteiger partial charge in [0.1, 0.15) is 12.1 Å². The zero-order valence-corrected chi connectivity index (χ0v) is 20.5. The van der Waals surface area contributed by atoms with Gasteiger partial charge in [-0.1, -0.05) is 36.4 Å². The van der Waals surface area contributed by atoms with Crippen LogP contribution in [0.3, 0.4) is 0 Å². The highest BCUT2D eigenvalue weighted by molar-refractivity contribution is 5.97. The third-order valence-corrected chi connectivity index (χ3v) is 6.85. The van der Waals surface area contributed by atoms with Crippen molar-refractivity contribution in [3.05, 3.63) is 108 Å². The van der Waals surface area contributed by atoms with Gasteiger partial charge in [-0.25, -0.2) is 4.98 Å². The normalized spacial score (nSPS) is 14.2. The van der Waals surface area contributed by atoms with Crippen LogP contribution in [0.5, 0.6) is 0 Å². The predicted octanol–water partition coefficient (Wildman–Crippen LogP) is 5.03. The van der Waals surface area contributed by atoms with Gasteiger partial charge in [0.15, 0.2) is 5.78 Å². The van der Waals surface area contributed by atoms with Crippen molar-refractivity contribution in [1.82, 2.24) is 19.9 Å². The monoisotopic (exact) mass is 489 g/mol. The number of fused-ring (bicyclic) bond motifs is 1. The highest BCUT2D eigenvalue weighted by Gasteiger charge is 2.19. The highest BCUT2D eigenvalue weighted by Crippen LogP contribution is 2.25. The second kappa shape index (κ2) is 10.3. The summed E-state index contributed by atoms with van der Waals surface area (Å²) < 4.78 is 5.02. The molecule has 2 aromatic carbocycles. The fourth-order valence-corrected chi connectivity index (χ4v) is 4.74. The Morgan fingerprint density at radius 2 is 1.70 bits per heavy atom. The molecule has 37 heavy (non-hydrogen) atoms. The number of pyridine rings is 1. The molecule has 0 saturated carbocycles. The smallest absolute Gasteiger partial charge is 0.170 e. The Hall–Kier alpha value is -4.36. The summed E-state index contributed by atoms with van der Waals surface area (Å²) in [6.07, 6.45) is 8.99. The van der Waals surface area contributed by atoms with Crippen molar-refractivity contribution < 1.29 is 9.21 Å². The summed E-state index contributed by atoms with van der Waals surface area (Å²) in [6.45, 7) is 4.71. The Balaban J connectivity index is 1.14. The summed E-state index contributed by atoms with van der Waals surface area (Å²) in [7, 11) is 0. The van der Waals surface area contributed by atoms with E-state index in [1.165, 1.54) is 18.1 Å². The summed E-state index contributed by atoms with van der Waals surface area (Å²) in [6, 6.07) is 20.1. The number of aromatic nitrogens is 3. The van der Waals surface area contributed by atoms with Crippen LogP contribution in [0.4, 0.5) is 5.82 Å². The molecule has 0 radical (unpaired) electrons. The van der Waals surface area contributed by atoms with Crippen LogP contribution in [-0.2, 0) is 13.0 Å². The van der Waals surface area contributed by atoms with Crippen molar-refractivity contribution >= 4 is 22.6 Å². The number of hydrogen-bond donors (Lipinski definition) is 0. The van der Waals surface area contributed by atoms with E-state index < -0.39 is 0 Å². The minimum Gasteiger partial charge on any atom is -0.472 e. The molecule has 184 valence electrons. The molecule has 0 bridgehead atoms. The summed E-state index contributed by atoms with van der Waals surface area (Å²) in [5.41, 5.74) is 6.73. The van der Waals surface area contributed by atoms with Gasteiger partial charge >= 0.3 is 0 Å². The first kappa shape index (κ1) is 23.1. The molecule has 6 rings (SSSR count). The fraction of sp³-hybridized carbons (Fsp3) is 0.200. The van der Waals surface area contributed by atoms with Crippen LogP contribution in [0.25, 0.3) is 22.2 Å². The number of carbonyl (C=O) groups excluding carboxylic acids is 1. The number of piperazine rings is 1. The van der Waals surface area contributed by atoms with Gasteiger partial charge in [0.05, 0.1) is 29.1 Å². The fourth-order valence-electron chi connectivity index (χ4n) is 4.74. The Bertz CT molecular complexity index is 1490. The molecule has 0 aliphatic carbocycles. The van der Waals surface area contributed by atoms with Crippen molar-refractivity contribution in [1.29, 1.82) is 0 Å². The highest BCUT2D eigenvalue weighted by atomic mass is 16.3. The molecule has 1 fully saturated rings. The minimum atomic E-state index is 0.0490. The molecule has 7 heteroatoms. The van der Waals surface area contributed by atoms with Gasteiger partial charge in [0, 0.05) is 51.5 Å². The molecule has 3 aromatic heterocycles. The first-order valence-corrected chi connectivity index (χ1v) is 12.5. The maximum Gasteiger partial charge on any atom is 0.170 e. The Morgan fingerprint density at radius 3 is 2.46 bits per heavy atom. The number of furan rings is 1. The van der Waals surface area contributed by atoms with E-state index in [1.807, 2.05) is 42.9 Å². The van der Waals surface area contributed by atoms with Crippen LogP contribution in [0, 0.1) is 0 Å². The van der Waals surface area contributed by atoms with Gasteiger partial charge in [-0.15, -0.1) is 0 Å². The number of anilines is 1. The van der Waals surface area contributed by atoms with Gasteiger partial charge in [-0.05, 0) is 46.5 Å². The molecule has 1 aliphatic heterocycles. The van der Waals surface area contributed by atoms with E-state index >= 15 is 0 Å². The summed E-state index contributed by atoms with van der Waals surface area (Å²) in [5, 5.41) is 0. The van der Waals surface area contributed by atoms with Crippen LogP contribution in [0.15, 0.2) is 96.2 Å². The molecule has 1 aliphatic rings. The first-order valence-electron chi connectivity index (χ1n) is 12.5.